The van der Waals surface area contributed by atoms with E-state index in [2.05, 4.69) is 20.8 Å². The second-order valence-corrected chi connectivity index (χ2v) is 4.72. The summed E-state index contributed by atoms with van der Waals surface area (Å²) in [5, 5.41) is 9.12. The van der Waals surface area contributed by atoms with E-state index in [1.54, 1.807) is 0 Å². The molecule has 0 aromatic carbocycles. The lowest BCUT2D eigenvalue weighted by molar-refractivity contribution is 0.140. The van der Waals surface area contributed by atoms with Crippen LogP contribution in [0.2, 0.25) is 0 Å². The first kappa shape index (κ1) is 9.05. The van der Waals surface area contributed by atoms with Crippen molar-refractivity contribution in [2.45, 2.75) is 40.0 Å². The third-order valence-corrected chi connectivity index (χ3v) is 3.20. The first-order chi connectivity index (χ1) is 5.07. The summed E-state index contributed by atoms with van der Waals surface area (Å²) in [6.07, 6.45) is 3.75. The maximum atomic E-state index is 9.12. The molecule has 0 amide bonds. The average molecular weight is 156 g/mol. The standard InChI is InChI=1S/C10H20O/c1-8(2)9-4-5-10(3,6-9)7-11/h8-9,11H,4-7H2,1-3H3/t9-,10-/m0/s1. The topological polar surface area (TPSA) is 20.2 Å². The summed E-state index contributed by atoms with van der Waals surface area (Å²) in [6, 6.07) is 0. The molecule has 0 aromatic heterocycles. The summed E-state index contributed by atoms with van der Waals surface area (Å²) in [5.74, 6) is 1.65. The average Bonchev–Trinajstić information content (AvgIpc) is 2.33. The number of aliphatic hydroxyl groups is 1. The van der Waals surface area contributed by atoms with Crippen LogP contribution < -0.4 is 0 Å². The number of aliphatic hydroxyl groups excluding tert-OH is 1. The van der Waals surface area contributed by atoms with E-state index in [4.69, 9.17) is 5.11 Å². The Kier molecular flexibility index (Phi) is 2.58. The van der Waals surface area contributed by atoms with Crippen molar-refractivity contribution in [3.05, 3.63) is 0 Å². The highest BCUT2D eigenvalue weighted by atomic mass is 16.3. The van der Waals surface area contributed by atoms with Crippen molar-refractivity contribution in [3.8, 4) is 0 Å². The molecule has 0 spiro atoms. The monoisotopic (exact) mass is 156 g/mol. The van der Waals surface area contributed by atoms with E-state index in [9.17, 15) is 0 Å². The minimum absolute atomic E-state index is 0.245. The highest BCUT2D eigenvalue weighted by Gasteiger charge is 2.35. The Balaban J connectivity index is 2.46. The van der Waals surface area contributed by atoms with Crippen LogP contribution in [0.1, 0.15) is 40.0 Å². The van der Waals surface area contributed by atoms with Crippen LogP contribution in [0.25, 0.3) is 0 Å². The normalized spacial score (nSPS) is 38.5. The lowest BCUT2D eigenvalue weighted by Gasteiger charge is -2.21. The fourth-order valence-corrected chi connectivity index (χ4v) is 2.08. The van der Waals surface area contributed by atoms with Crippen molar-refractivity contribution in [2.75, 3.05) is 6.61 Å². The maximum Gasteiger partial charge on any atom is 0.0484 e. The third-order valence-electron chi connectivity index (χ3n) is 3.20. The van der Waals surface area contributed by atoms with Crippen LogP contribution >= 0.6 is 0 Å². The molecule has 1 nitrogen and oxygen atoms in total. The molecule has 1 aliphatic carbocycles. The van der Waals surface area contributed by atoms with E-state index in [-0.39, 0.29) is 5.41 Å². The molecular formula is C10H20O. The van der Waals surface area contributed by atoms with Crippen LogP contribution in [0, 0.1) is 17.3 Å². The van der Waals surface area contributed by atoms with Gasteiger partial charge in [0.05, 0.1) is 0 Å². The molecule has 1 heteroatoms. The van der Waals surface area contributed by atoms with Gasteiger partial charge in [-0.15, -0.1) is 0 Å². The molecule has 0 aliphatic heterocycles. The third kappa shape index (κ3) is 1.96. The Hall–Kier alpha value is -0.0400. The van der Waals surface area contributed by atoms with Crippen molar-refractivity contribution < 1.29 is 5.11 Å². The molecule has 0 heterocycles. The molecule has 1 rings (SSSR count). The van der Waals surface area contributed by atoms with Gasteiger partial charge >= 0.3 is 0 Å². The van der Waals surface area contributed by atoms with Crippen molar-refractivity contribution in [1.29, 1.82) is 0 Å². The van der Waals surface area contributed by atoms with Gasteiger partial charge < -0.3 is 5.11 Å². The fraction of sp³-hybridized carbons (Fsp3) is 1.00. The molecule has 1 saturated carbocycles. The first-order valence-corrected chi connectivity index (χ1v) is 4.68. The van der Waals surface area contributed by atoms with Gasteiger partial charge in [0.15, 0.2) is 0 Å². The Morgan fingerprint density at radius 1 is 1.55 bits per heavy atom. The molecular weight excluding hydrogens is 136 g/mol. The smallest absolute Gasteiger partial charge is 0.0484 e. The van der Waals surface area contributed by atoms with Crippen LogP contribution in [-0.2, 0) is 0 Å². The van der Waals surface area contributed by atoms with Gasteiger partial charge in [-0.05, 0) is 36.5 Å². The largest absolute Gasteiger partial charge is 0.396 e. The minimum atomic E-state index is 0.245. The van der Waals surface area contributed by atoms with Crippen LogP contribution in [-0.4, -0.2) is 11.7 Å². The van der Waals surface area contributed by atoms with Crippen LogP contribution in [0.5, 0.6) is 0 Å². The second-order valence-electron chi connectivity index (χ2n) is 4.72. The van der Waals surface area contributed by atoms with E-state index in [1.165, 1.54) is 19.3 Å². The highest BCUT2D eigenvalue weighted by Crippen LogP contribution is 2.43. The van der Waals surface area contributed by atoms with E-state index in [1.807, 2.05) is 0 Å². The minimum Gasteiger partial charge on any atom is -0.396 e. The molecule has 0 bridgehead atoms. The van der Waals surface area contributed by atoms with Crippen LogP contribution in [0.3, 0.4) is 0 Å². The Morgan fingerprint density at radius 2 is 2.18 bits per heavy atom. The molecule has 2 atom stereocenters. The molecule has 0 radical (unpaired) electrons. The van der Waals surface area contributed by atoms with E-state index >= 15 is 0 Å². The summed E-state index contributed by atoms with van der Waals surface area (Å²) in [6.45, 7) is 7.15. The quantitative estimate of drug-likeness (QED) is 0.651. The van der Waals surface area contributed by atoms with Crippen molar-refractivity contribution >= 4 is 0 Å². The molecule has 0 aromatic rings. The maximum absolute atomic E-state index is 9.12. The Morgan fingerprint density at radius 3 is 2.45 bits per heavy atom. The van der Waals surface area contributed by atoms with E-state index < -0.39 is 0 Å². The van der Waals surface area contributed by atoms with Gasteiger partial charge in [0.2, 0.25) is 0 Å². The zero-order valence-corrected chi connectivity index (χ0v) is 7.93. The summed E-state index contributed by atoms with van der Waals surface area (Å²) >= 11 is 0. The van der Waals surface area contributed by atoms with Crippen molar-refractivity contribution in [3.63, 3.8) is 0 Å². The Bertz CT molecular complexity index is 131. The number of hydrogen-bond acceptors (Lipinski definition) is 1. The summed E-state index contributed by atoms with van der Waals surface area (Å²) < 4.78 is 0. The molecule has 66 valence electrons. The predicted molar refractivity (Wildman–Crippen MR) is 47.4 cm³/mol. The van der Waals surface area contributed by atoms with Crippen molar-refractivity contribution in [1.82, 2.24) is 0 Å². The van der Waals surface area contributed by atoms with Crippen LogP contribution in [0.15, 0.2) is 0 Å². The molecule has 0 unspecified atom stereocenters. The fourth-order valence-electron chi connectivity index (χ4n) is 2.08. The van der Waals surface area contributed by atoms with Gasteiger partial charge in [-0.3, -0.25) is 0 Å². The van der Waals surface area contributed by atoms with Gasteiger partial charge in [0, 0.05) is 6.61 Å². The van der Waals surface area contributed by atoms with Crippen LogP contribution in [0.4, 0.5) is 0 Å². The van der Waals surface area contributed by atoms with Gasteiger partial charge in [-0.2, -0.15) is 0 Å². The van der Waals surface area contributed by atoms with Gasteiger partial charge in [0.25, 0.3) is 0 Å². The van der Waals surface area contributed by atoms with Gasteiger partial charge in [-0.25, -0.2) is 0 Å². The number of rotatable bonds is 2. The summed E-state index contributed by atoms with van der Waals surface area (Å²) in [5.41, 5.74) is 0.245. The van der Waals surface area contributed by atoms with Gasteiger partial charge in [0.1, 0.15) is 0 Å². The molecule has 1 aliphatic rings. The molecule has 0 saturated heterocycles. The zero-order chi connectivity index (χ0) is 8.48. The predicted octanol–water partition coefficient (Wildman–Crippen LogP) is 2.44. The highest BCUT2D eigenvalue weighted by molar-refractivity contribution is 4.86. The summed E-state index contributed by atoms with van der Waals surface area (Å²) in [4.78, 5) is 0. The number of hydrogen-bond donors (Lipinski definition) is 1. The van der Waals surface area contributed by atoms with E-state index in [0.717, 1.165) is 11.8 Å². The van der Waals surface area contributed by atoms with Crippen molar-refractivity contribution in [2.24, 2.45) is 17.3 Å². The summed E-state index contributed by atoms with van der Waals surface area (Å²) in [7, 11) is 0. The molecule has 1 N–H and O–H groups in total. The Labute approximate surface area is 69.8 Å². The molecule has 11 heavy (non-hydrogen) atoms. The first-order valence-electron chi connectivity index (χ1n) is 4.68. The lowest BCUT2D eigenvalue weighted by atomic mass is 9.86. The van der Waals surface area contributed by atoms with Gasteiger partial charge in [-0.1, -0.05) is 20.8 Å². The van der Waals surface area contributed by atoms with E-state index in [0.29, 0.717) is 6.61 Å². The SMILES string of the molecule is CC(C)[C@H]1CC[C@](C)(CO)C1. The second kappa shape index (κ2) is 3.14. The lowest BCUT2D eigenvalue weighted by Crippen LogP contribution is -2.17. The molecule has 1 fully saturated rings. The zero-order valence-electron chi connectivity index (χ0n) is 7.93.